The van der Waals surface area contributed by atoms with Gasteiger partial charge in [0.2, 0.25) is 4.77 Å². The number of rotatable bonds is 4. The average Bonchev–Trinajstić information content (AvgIpc) is 3.20. The van der Waals surface area contributed by atoms with Crippen molar-refractivity contribution in [3.05, 3.63) is 46.1 Å². The number of aromatic amines is 2. The van der Waals surface area contributed by atoms with Crippen LogP contribution in [0.2, 0.25) is 0 Å². The van der Waals surface area contributed by atoms with Crippen molar-refractivity contribution in [3.8, 4) is 0 Å². The first kappa shape index (κ1) is 13.5. The van der Waals surface area contributed by atoms with Crippen LogP contribution in [0.15, 0.2) is 29.5 Å². The fraction of sp³-hybridized carbons (Fsp3) is 0.312. The Kier molecular flexibility index (Phi) is 3.18. The molecule has 3 aromatic rings. The van der Waals surface area contributed by atoms with Gasteiger partial charge in [-0.3, -0.25) is 5.10 Å². The summed E-state index contributed by atoms with van der Waals surface area (Å²) in [5, 5.41) is 12.9. The van der Waals surface area contributed by atoms with Crippen molar-refractivity contribution in [2.45, 2.75) is 32.1 Å². The van der Waals surface area contributed by atoms with Gasteiger partial charge in [0.1, 0.15) is 0 Å². The molecule has 0 amide bonds. The first-order valence-electron chi connectivity index (χ1n) is 7.58. The molecule has 0 aliphatic heterocycles. The molecule has 0 saturated heterocycles. The maximum absolute atomic E-state index is 5.27. The van der Waals surface area contributed by atoms with Gasteiger partial charge in [-0.2, -0.15) is 14.9 Å². The van der Waals surface area contributed by atoms with Crippen LogP contribution in [0.4, 0.5) is 0 Å². The monoisotopic (exact) mass is 311 g/mol. The van der Waals surface area contributed by atoms with Gasteiger partial charge < -0.3 is 4.98 Å². The topological polar surface area (TPSA) is 61.8 Å². The molecule has 2 aromatic heterocycles. The molecule has 1 aliphatic carbocycles. The minimum Gasteiger partial charge on any atom is -0.360 e. The molecule has 2 N–H and O–H groups in total. The van der Waals surface area contributed by atoms with E-state index >= 15 is 0 Å². The number of para-hydroxylation sites is 1. The predicted molar refractivity (Wildman–Crippen MR) is 90.1 cm³/mol. The van der Waals surface area contributed by atoms with Crippen LogP contribution in [-0.2, 0) is 6.42 Å². The quantitative estimate of drug-likeness (QED) is 0.569. The van der Waals surface area contributed by atoms with Crippen LogP contribution in [0.3, 0.4) is 0 Å². The number of aromatic nitrogens is 4. The van der Waals surface area contributed by atoms with Gasteiger partial charge in [0, 0.05) is 28.6 Å². The van der Waals surface area contributed by atoms with Crippen molar-refractivity contribution in [2.24, 2.45) is 5.10 Å². The number of H-pyrrole nitrogens is 2. The number of nitrogens with one attached hydrogen (secondary N) is 2. The third-order valence-electron chi connectivity index (χ3n) is 4.14. The lowest BCUT2D eigenvalue weighted by Crippen LogP contribution is -1.97. The maximum atomic E-state index is 5.27. The molecule has 0 unspecified atom stereocenters. The number of hydrogen-bond acceptors (Lipinski definition) is 3. The molecule has 1 saturated carbocycles. The highest BCUT2D eigenvalue weighted by atomic mass is 32.1. The van der Waals surface area contributed by atoms with E-state index in [9.17, 15) is 0 Å². The lowest BCUT2D eigenvalue weighted by Gasteiger charge is -1.99. The van der Waals surface area contributed by atoms with Crippen LogP contribution in [0.25, 0.3) is 10.9 Å². The number of aryl methyl sites for hydroxylation is 1. The van der Waals surface area contributed by atoms with E-state index in [0.29, 0.717) is 10.7 Å². The predicted octanol–water partition coefficient (Wildman–Crippen LogP) is 3.74. The number of fused-ring (bicyclic) bond motifs is 1. The number of nitrogens with zero attached hydrogens (tertiary/aromatic N) is 3. The van der Waals surface area contributed by atoms with Crippen LogP contribution < -0.4 is 0 Å². The van der Waals surface area contributed by atoms with Crippen molar-refractivity contribution in [1.29, 1.82) is 0 Å². The van der Waals surface area contributed by atoms with E-state index in [1.165, 1.54) is 29.3 Å². The van der Waals surface area contributed by atoms with E-state index in [1.807, 2.05) is 12.4 Å². The van der Waals surface area contributed by atoms with Crippen molar-refractivity contribution in [1.82, 2.24) is 19.9 Å². The number of benzene rings is 1. The van der Waals surface area contributed by atoms with Crippen LogP contribution in [0, 0.1) is 4.77 Å². The van der Waals surface area contributed by atoms with E-state index in [-0.39, 0.29) is 0 Å². The van der Waals surface area contributed by atoms with Crippen LogP contribution in [0.1, 0.15) is 42.6 Å². The molecule has 22 heavy (non-hydrogen) atoms. The van der Waals surface area contributed by atoms with Crippen LogP contribution in [-0.4, -0.2) is 26.1 Å². The molecule has 1 aliphatic rings. The second-order valence-electron chi connectivity index (χ2n) is 5.65. The van der Waals surface area contributed by atoms with Crippen molar-refractivity contribution < 1.29 is 0 Å². The van der Waals surface area contributed by atoms with Gasteiger partial charge in [-0.15, -0.1) is 0 Å². The first-order chi connectivity index (χ1) is 10.8. The Hall–Kier alpha value is -2.21. The Morgan fingerprint density at radius 1 is 1.45 bits per heavy atom. The van der Waals surface area contributed by atoms with Gasteiger partial charge in [-0.1, -0.05) is 25.1 Å². The molecule has 6 heteroatoms. The fourth-order valence-corrected chi connectivity index (χ4v) is 2.97. The molecule has 1 aromatic carbocycles. The van der Waals surface area contributed by atoms with Crippen molar-refractivity contribution in [2.75, 3.05) is 0 Å². The summed E-state index contributed by atoms with van der Waals surface area (Å²) >= 11 is 5.27. The zero-order chi connectivity index (χ0) is 15.1. The molecular formula is C16H17N5S. The zero-order valence-electron chi connectivity index (χ0n) is 12.3. The van der Waals surface area contributed by atoms with Gasteiger partial charge in [-0.25, -0.2) is 0 Å². The summed E-state index contributed by atoms with van der Waals surface area (Å²) in [4.78, 5) is 3.35. The fourth-order valence-electron chi connectivity index (χ4n) is 2.78. The molecule has 1 fully saturated rings. The SMILES string of the molecule is CCc1cccc2c(/C=N/n3c(C4CC4)n[nH]c3=S)c[nH]c12. The molecule has 0 atom stereocenters. The Labute approximate surface area is 133 Å². The Bertz CT molecular complexity index is 910. The van der Waals surface area contributed by atoms with Crippen molar-refractivity contribution >= 4 is 29.3 Å². The standard InChI is InChI=1S/C16H17N5S/c1-2-10-4-3-5-13-12(8-17-14(10)13)9-18-21-15(11-6-7-11)19-20-16(21)22/h3-5,8-9,11,17H,2,6-7H2,1H3,(H,20,22)/b18-9+. The summed E-state index contributed by atoms with van der Waals surface area (Å²) in [5.41, 5.74) is 3.57. The minimum absolute atomic E-state index is 0.500. The van der Waals surface area contributed by atoms with E-state index in [4.69, 9.17) is 12.2 Å². The van der Waals surface area contributed by atoms with E-state index in [2.05, 4.69) is 45.4 Å². The highest BCUT2D eigenvalue weighted by Gasteiger charge is 2.29. The van der Waals surface area contributed by atoms with Crippen LogP contribution in [0.5, 0.6) is 0 Å². The van der Waals surface area contributed by atoms with Crippen molar-refractivity contribution in [3.63, 3.8) is 0 Å². The molecule has 112 valence electrons. The molecule has 2 heterocycles. The van der Waals surface area contributed by atoms with Gasteiger partial charge in [-0.05, 0) is 37.0 Å². The highest BCUT2D eigenvalue weighted by Crippen LogP contribution is 2.38. The summed E-state index contributed by atoms with van der Waals surface area (Å²) in [7, 11) is 0. The molecule has 4 rings (SSSR count). The first-order valence-corrected chi connectivity index (χ1v) is 7.99. The Balaban J connectivity index is 1.75. The number of hydrogen-bond donors (Lipinski definition) is 2. The van der Waals surface area contributed by atoms with E-state index in [1.54, 1.807) is 4.68 Å². The average molecular weight is 311 g/mol. The van der Waals surface area contributed by atoms with Crippen LogP contribution >= 0.6 is 12.2 Å². The normalized spacial score (nSPS) is 15.1. The van der Waals surface area contributed by atoms with Gasteiger partial charge in [0.25, 0.3) is 0 Å². The Morgan fingerprint density at radius 3 is 3.09 bits per heavy atom. The summed E-state index contributed by atoms with van der Waals surface area (Å²) in [6.07, 6.45) is 7.19. The van der Waals surface area contributed by atoms with Gasteiger partial charge in [0.15, 0.2) is 5.82 Å². The maximum Gasteiger partial charge on any atom is 0.216 e. The molecule has 0 radical (unpaired) electrons. The second kappa shape index (κ2) is 5.21. The third kappa shape index (κ3) is 2.20. The van der Waals surface area contributed by atoms with E-state index in [0.717, 1.165) is 17.8 Å². The summed E-state index contributed by atoms with van der Waals surface area (Å²) in [5.74, 6) is 1.44. The van der Waals surface area contributed by atoms with Gasteiger partial charge in [0.05, 0.1) is 6.21 Å². The second-order valence-corrected chi connectivity index (χ2v) is 6.04. The lowest BCUT2D eigenvalue weighted by atomic mass is 10.1. The third-order valence-corrected chi connectivity index (χ3v) is 4.41. The highest BCUT2D eigenvalue weighted by molar-refractivity contribution is 7.71. The minimum atomic E-state index is 0.500. The molecule has 0 spiro atoms. The Morgan fingerprint density at radius 2 is 2.32 bits per heavy atom. The summed E-state index contributed by atoms with van der Waals surface area (Å²) in [6, 6.07) is 6.35. The summed E-state index contributed by atoms with van der Waals surface area (Å²) < 4.78 is 2.29. The van der Waals surface area contributed by atoms with E-state index < -0.39 is 0 Å². The van der Waals surface area contributed by atoms with Gasteiger partial charge >= 0.3 is 0 Å². The zero-order valence-corrected chi connectivity index (χ0v) is 13.2. The lowest BCUT2D eigenvalue weighted by molar-refractivity contribution is 0.773. The molecular weight excluding hydrogens is 294 g/mol. The largest absolute Gasteiger partial charge is 0.360 e. The molecule has 5 nitrogen and oxygen atoms in total. The molecule has 0 bridgehead atoms. The smallest absolute Gasteiger partial charge is 0.216 e. The summed E-state index contributed by atoms with van der Waals surface area (Å²) in [6.45, 7) is 2.16.